The van der Waals surface area contributed by atoms with E-state index in [2.05, 4.69) is 0 Å². The van der Waals surface area contributed by atoms with Crippen LogP contribution in [0.3, 0.4) is 0 Å². The van der Waals surface area contributed by atoms with Crippen molar-refractivity contribution in [2.75, 3.05) is 26.0 Å². The molecule has 0 spiro atoms. The van der Waals surface area contributed by atoms with Gasteiger partial charge in [0.2, 0.25) is 5.91 Å². The summed E-state index contributed by atoms with van der Waals surface area (Å²) in [5.41, 5.74) is 1.49. The number of hydrogen-bond donors (Lipinski definition) is 0. The van der Waals surface area contributed by atoms with Gasteiger partial charge in [-0.1, -0.05) is 17.7 Å². The number of carbonyl (C=O) groups excluding carboxylic acids is 2. The van der Waals surface area contributed by atoms with E-state index in [9.17, 15) is 18.0 Å². The van der Waals surface area contributed by atoms with Crippen LogP contribution in [0.5, 0.6) is 0 Å². The van der Waals surface area contributed by atoms with Gasteiger partial charge in [0.05, 0.1) is 17.8 Å². The minimum absolute atomic E-state index is 0.0300. The fraction of sp³-hybridized carbons (Fsp3) is 0.429. The third-order valence-corrected chi connectivity index (χ3v) is 7.08. The third-order valence-electron chi connectivity index (χ3n) is 5.35. The van der Waals surface area contributed by atoms with Gasteiger partial charge >= 0.3 is 5.97 Å². The second-order valence-corrected chi connectivity index (χ2v) is 9.40. The van der Waals surface area contributed by atoms with Crippen molar-refractivity contribution in [1.29, 1.82) is 0 Å². The molecule has 1 aliphatic heterocycles. The molecule has 0 atom stereocenters. The van der Waals surface area contributed by atoms with Crippen LogP contribution in [0, 0.1) is 6.92 Å². The molecule has 1 saturated heterocycles. The summed E-state index contributed by atoms with van der Waals surface area (Å²) in [5.74, 6) is -0.728. The van der Waals surface area contributed by atoms with Gasteiger partial charge in [0.1, 0.15) is 5.69 Å². The molecule has 1 fully saturated rings. The van der Waals surface area contributed by atoms with Crippen LogP contribution < -0.4 is 0 Å². The van der Waals surface area contributed by atoms with E-state index in [0.717, 1.165) is 5.56 Å². The van der Waals surface area contributed by atoms with Gasteiger partial charge in [0, 0.05) is 31.7 Å². The molecule has 1 aliphatic rings. The minimum Gasteiger partial charge on any atom is -0.464 e. The maximum absolute atomic E-state index is 12.5. The monoisotopic (exact) mass is 418 g/mol. The molecule has 0 aliphatic carbocycles. The van der Waals surface area contributed by atoms with E-state index in [1.165, 1.54) is 7.11 Å². The number of methoxy groups -OCH3 is 1. The molecule has 1 amide bonds. The third kappa shape index (κ3) is 4.87. The SMILES string of the molecule is COC(=O)c1cccn1C1CCN(C(=O)CCS(=O)(=O)c2ccc(C)cc2)CC1. The fourth-order valence-corrected chi connectivity index (χ4v) is 4.86. The molecule has 2 aromatic rings. The lowest BCUT2D eigenvalue weighted by atomic mass is 10.0. The van der Waals surface area contributed by atoms with E-state index in [0.29, 0.717) is 31.6 Å². The number of piperidine rings is 1. The van der Waals surface area contributed by atoms with Gasteiger partial charge in [-0.25, -0.2) is 13.2 Å². The molecule has 0 unspecified atom stereocenters. The average molecular weight is 419 g/mol. The predicted molar refractivity (Wildman–Crippen MR) is 108 cm³/mol. The molecule has 0 radical (unpaired) electrons. The number of aryl methyl sites for hydroxylation is 1. The molecular formula is C21H26N2O5S. The summed E-state index contributed by atoms with van der Waals surface area (Å²) in [6.45, 7) is 2.96. The van der Waals surface area contributed by atoms with Crippen molar-refractivity contribution in [2.24, 2.45) is 0 Å². The Kier molecular flexibility index (Phi) is 6.42. The number of amides is 1. The minimum atomic E-state index is -3.48. The first-order valence-electron chi connectivity index (χ1n) is 9.64. The van der Waals surface area contributed by atoms with Gasteiger partial charge in [-0.15, -0.1) is 0 Å². The zero-order valence-electron chi connectivity index (χ0n) is 16.7. The Morgan fingerprint density at radius 1 is 1.10 bits per heavy atom. The highest BCUT2D eigenvalue weighted by molar-refractivity contribution is 7.91. The van der Waals surface area contributed by atoms with Crippen LogP contribution in [0.25, 0.3) is 0 Å². The van der Waals surface area contributed by atoms with Gasteiger partial charge in [0.15, 0.2) is 9.84 Å². The fourth-order valence-electron chi connectivity index (χ4n) is 3.63. The predicted octanol–water partition coefficient (Wildman–Crippen LogP) is 2.61. The maximum atomic E-state index is 12.5. The first kappa shape index (κ1) is 21.1. The summed E-state index contributed by atoms with van der Waals surface area (Å²) >= 11 is 0. The Balaban J connectivity index is 1.55. The molecule has 2 heterocycles. The highest BCUT2D eigenvalue weighted by Crippen LogP contribution is 2.25. The van der Waals surface area contributed by atoms with Gasteiger partial charge in [0.25, 0.3) is 0 Å². The second-order valence-electron chi connectivity index (χ2n) is 7.29. The van der Waals surface area contributed by atoms with E-state index < -0.39 is 9.84 Å². The highest BCUT2D eigenvalue weighted by Gasteiger charge is 2.27. The van der Waals surface area contributed by atoms with Crippen molar-refractivity contribution in [1.82, 2.24) is 9.47 Å². The molecule has 0 bridgehead atoms. The first-order valence-corrected chi connectivity index (χ1v) is 11.3. The molecule has 1 aromatic carbocycles. The Morgan fingerprint density at radius 3 is 2.38 bits per heavy atom. The topological polar surface area (TPSA) is 85.7 Å². The van der Waals surface area contributed by atoms with Crippen molar-refractivity contribution < 1.29 is 22.7 Å². The molecule has 0 N–H and O–H groups in total. The lowest BCUT2D eigenvalue weighted by Gasteiger charge is -2.33. The molecular weight excluding hydrogens is 392 g/mol. The van der Waals surface area contributed by atoms with Crippen molar-refractivity contribution >= 4 is 21.7 Å². The number of rotatable bonds is 6. The molecule has 1 aromatic heterocycles. The number of benzene rings is 1. The quantitative estimate of drug-likeness (QED) is 0.673. The lowest BCUT2D eigenvalue weighted by molar-refractivity contribution is -0.132. The molecule has 29 heavy (non-hydrogen) atoms. The van der Waals surface area contributed by atoms with Crippen LogP contribution in [0.1, 0.15) is 41.4 Å². The Morgan fingerprint density at radius 2 is 1.76 bits per heavy atom. The first-order chi connectivity index (χ1) is 13.8. The van der Waals surface area contributed by atoms with E-state index in [-0.39, 0.29) is 35.0 Å². The number of sulfone groups is 1. The molecule has 3 rings (SSSR count). The number of esters is 1. The number of ether oxygens (including phenoxy) is 1. The van der Waals surface area contributed by atoms with Crippen molar-refractivity contribution in [3.63, 3.8) is 0 Å². The van der Waals surface area contributed by atoms with E-state index in [1.807, 2.05) is 17.7 Å². The molecule has 156 valence electrons. The molecule has 7 nitrogen and oxygen atoms in total. The zero-order valence-corrected chi connectivity index (χ0v) is 17.5. The summed E-state index contributed by atoms with van der Waals surface area (Å²) in [5, 5.41) is 0. The van der Waals surface area contributed by atoms with Crippen LogP contribution in [0.2, 0.25) is 0 Å². The van der Waals surface area contributed by atoms with E-state index in [4.69, 9.17) is 4.74 Å². The van der Waals surface area contributed by atoms with Crippen molar-refractivity contribution in [2.45, 2.75) is 37.1 Å². The van der Waals surface area contributed by atoms with Crippen LogP contribution in [0.15, 0.2) is 47.5 Å². The molecule has 8 heteroatoms. The van der Waals surface area contributed by atoms with E-state index >= 15 is 0 Å². The largest absolute Gasteiger partial charge is 0.464 e. The Labute approximate surface area is 171 Å². The zero-order chi connectivity index (χ0) is 21.0. The summed E-state index contributed by atoms with van der Waals surface area (Å²) in [4.78, 5) is 26.3. The summed E-state index contributed by atoms with van der Waals surface area (Å²) in [7, 11) is -2.13. The summed E-state index contributed by atoms with van der Waals surface area (Å²) < 4.78 is 31.6. The van der Waals surface area contributed by atoms with Gasteiger partial charge in [-0.2, -0.15) is 0 Å². The lowest BCUT2D eigenvalue weighted by Crippen LogP contribution is -2.40. The van der Waals surface area contributed by atoms with Crippen LogP contribution in [0.4, 0.5) is 0 Å². The van der Waals surface area contributed by atoms with Crippen LogP contribution >= 0.6 is 0 Å². The highest BCUT2D eigenvalue weighted by atomic mass is 32.2. The second kappa shape index (κ2) is 8.82. The average Bonchev–Trinajstić information content (AvgIpc) is 3.22. The maximum Gasteiger partial charge on any atom is 0.354 e. The van der Waals surface area contributed by atoms with E-state index in [1.54, 1.807) is 41.3 Å². The Bertz CT molecular complexity index is 971. The number of nitrogens with zero attached hydrogens (tertiary/aromatic N) is 2. The summed E-state index contributed by atoms with van der Waals surface area (Å²) in [6, 6.07) is 10.3. The molecule has 0 saturated carbocycles. The van der Waals surface area contributed by atoms with Gasteiger partial charge < -0.3 is 14.2 Å². The van der Waals surface area contributed by atoms with Gasteiger partial charge in [-0.05, 0) is 44.0 Å². The van der Waals surface area contributed by atoms with Crippen LogP contribution in [-0.4, -0.2) is 55.7 Å². The standard InChI is InChI=1S/C21H26N2O5S/c1-16-5-7-18(8-6-16)29(26,27)15-11-20(24)22-13-9-17(10-14-22)23-12-3-4-19(23)21(25)28-2/h3-8,12,17H,9-11,13-15H2,1-2H3. The number of hydrogen-bond acceptors (Lipinski definition) is 5. The van der Waals surface area contributed by atoms with Crippen LogP contribution in [-0.2, 0) is 19.4 Å². The smallest absolute Gasteiger partial charge is 0.354 e. The number of carbonyl (C=O) groups is 2. The summed E-state index contributed by atoms with van der Waals surface area (Å²) in [6.07, 6.45) is 3.23. The number of aromatic nitrogens is 1. The van der Waals surface area contributed by atoms with Crippen molar-refractivity contribution in [3.8, 4) is 0 Å². The normalized spacial score (nSPS) is 15.3. The van der Waals surface area contributed by atoms with Crippen molar-refractivity contribution in [3.05, 3.63) is 53.9 Å². The van der Waals surface area contributed by atoms with Gasteiger partial charge in [-0.3, -0.25) is 4.79 Å². The Hall–Kier alpha value is -2.61. The number of likely N-dealkylation sites (tertiary alicyclic amines) is 1.